The zero-order chi connectivity index (χ0) is 15.8. The third-order valence-corrected chi connectivity index (χ3v) is 4.68. The van der Waals surface area contributed by atoms with Gasteiger partial charge in [0.2, 0.25) is 5.91 Å². The highest BCUT2D eigenvalue weighted by atomic mass is 16.6. The summed E-state index contributed by atoms with van der Waals surface area (Å²) in [6, 6.07) is 8.78. The van der Waals surface area contributed by atoms with Crippen LogP contribution in [0, 0.1) is 5.92 Å². The van der Waals surface area contributed by atoms with Crippen LogP contribution in [0.25, 0.3) is 0 Å². The third kappa shape index (κ3) is 2.96. The molecule has 4 rings (SSSR count). The van der Waals surface area contributed by atoms with E-state index in [1.165, 1.54) is 0 Å². The Hall–Kier alpha value is -1.92. The maximum absolute atomic E-state index is 12.3. The fourth-order valence-electron chi connectivity index (χ4n) is 3.23. The average molecular weight is 316 g/mol. The molecule has 6 heteroatoms. The van der Waals surface area contributed by atoms with Gasteiger partial charge in [-0.25, -0.2) is 0 Å². The van der Waals surface area contributed by atoms with Gasteiger partial charge in [-0.3, -0.25) is 9.59 Å². The molecular formula is C17H20N2O4. The predicted octanol–water partition coefficient (Wildman–Crippen LogP) is 0.477. The van der Waals surface area contributed by atoms with Gasteiger partial charge in [0, 0.05) is 11.5 Å². The summed E-state index contributed by atoms with van der Waals surface area (Å²) in [6.45, 7) is 0.842. The first-order valence-electron chi connectivity index (χ1n) is 8.12. The van der Waals surface area contributed by atoms with Crippen molar-refractivity contribution in [1.29, 1.82) is 0 Å². The minimum absolute atomic E-state index is 0.0969. The summed E-state index contributed by atoms with van der Waals surface area (Å²) in [6.07, 6.45) is 1.57. The van der Waals surface area contributed by atoms with Gasteiger partial charge >= 0.3 is 0 Å². The van der Waals surface area contributed by atoms with E-state index in [4.69, 9.17) is 9.47 Å². The zero-order valence-electron chi connectivity index (χ0n) is 12.7. The minimum atomic E-state index is -0.202. The molecule has 0 radical (unpaired) electrons. The molecule has 23 heavy (non-hydrogen) atoms. The van der Waals surface area contributed by atoms with E-state index in [0.717, 1.165) is 12.8 Å². The number of nitrogens with one attached hydrogen (secondary N) is 2. The number of rotatable bonds is 4. The van der Waals surface area contributed by atoms with Gasteiger partial charge in [0.15, 0.2) is 0 Å². The highest BCUT2D eigenvalue weighted by molar-refractivity contribution is 5.94. The minimum Gasteiger partial charge on any atom is -0.371 e. The van der Waals surface area contributed by atoms with E-state index in [9.17, 15) is 9.59 Å². The Morgan fingerprint density at radius 2 is 1.52 bits per heavy atom. The molecule has 4 atom stereocenters. The first-order chi connectivity index (χ1) is 11.2. The Labute approximate surface area is 134 Å². The molecule has 0 aromatic heterocycles. The molecule has 1 saturated carbocycles. The van der Waals surface area contributed by atoms with Gasteiger partial charge in [0.1, 0.15) is 12.2 Å². The van der Waals surface area contributed by atoms with Gasteiger partial charge < -0.3 is 20.1 Å². The monoisotopic (exact) mass is 316 g/mol. The van der Waals surface area contributed by atoms with Crippen molar-refractivity contribution in [2.24, 2.45) is 5.92 Å². The van der Waals surface area contributed by atoms with E-state index in [0.29, 0.717) is 18.8 Å². The standard InChI is InChI=1S/C17H20N2O4/c20-16(10-4-2-1-3-5-10)18-12-8-22-15-13(9-23-14(12)15)19-17(21)11-6-7-11/h1-5,11-15H,6-9H2,(H,18,20)(H,19,21). The molecule has 3 fully saturated rings. The molecule has 0 spiro atoms. The van der Waals surface area contributed by atoms with Crippen molar-refractivity contribution in [2.45, 2.75) is 37.1 Å². The highest BCUT2D eigenvalue weighted by Crippen LogP contribution is 2.31. The zero-order valence-corrected chi connectivity index (χ0v) is 12.7. The van der Waals surface area contributed by atoms with Crippen LogP contribution in [0.5, 0.6) is 0 Å². The van der Waals surface area contributed by atoms with E-state index in [1.54, 1.807) is 12.1 Å². The fraction of sp³-hybridized carbons (Fsp3) is 0.529. The second kappa shape index (κ2) is 5.94. The number of benzene rings is 1. The van der Waals surface area contributed by atoms with Crippen LogP contribution in [0.1, 0.15) is 23.2 Å². The molecule has 2 N–H and O–H groups in total. The molecule has 2 amide bonds. The molecule has 122 valence electrons. The smallest absolute Gasteiger partial charge is 0.251 e. The van der Waals surface area contributed by atoms with Crippen molar-refractivity contribution in [3.05, 3.63) is 35.9 Å². The fourth-order valence-corrected chi connectivity index (χ4v) is 3.23. The molecule has 1 aromatic carbocycles. The highest BCUT2D eigenvalue weighted by Gasteiger charge is 2.49. The number of amides is 2. The van der Waals surface area contributed by atoms with Gasteiger partial charge in [-0.05, 0) is 25.0 Å². The first-order valence-corrected chi connectivity index (χ1v) is 8.12. The van der Waals surface area contributed by atoms with Crippen molar-refractivity contribution in [2.75, 3.05) is 13.2 Å². The van der Waals surface area contributed by atoms with Crippen LogP contribution < -0.4 is 10.6 Å². The summed E-state index contributed by atoms with van der Waals surface area (Å²) >= 11 is 0. The summed E-state index contributed by atoms with van der Waals surface area (Å²) in [4.78, 5) is 24.2. The number of carbonyl (C=O) groups excluding carboxylic acids is 2. The van der Waals surface area contributed by atoms with E-state index < -0.39 is 0 Å². The van der Waals surface area contributed by atoms with E-state index in [1.807, 2.05) is 18.2 Å². The lowest BCUT2D eigenvalue weighted by molar-refractivity contribution is -0.123. The predicted molar refractivity (Wildman–Crippen MR) is 81.8 cm³/mol. The average Bonchev–Trinajstić information content (AvgIpc) is 3.25. The van der Waals surface area contributed by atoms with Gasteiger partial charge in [0.05, 0.1) is 25.3 Å². The lowest BCUT2D eigenvalue weighted by Gasteiger charge is -2.18. The van der Waals surface area contributed by atoms with Crippen molar-refractivity contribution in [3.8, 4) is 0 Å². The lowest BCUT2D eigenvalue weighted by atomic mass is 10.1. The molecule has 3 aliphatic rings. The van der Waals surface area contributed by atoms with Gasteiger partial charge in [-0.1, -0.05) is 18.2 Å². The quantitative estimate of drug-likeness (QED) is 0.847. The molecule has 4 unspecified atom stereocenters. The van der Waals surface area contributed by atoms with E-state index in [-0.39, 0.29) is 42.0 Å². The Kier molecular flexibility index (Phi) is 3.79. The molecule has 1 aromatic rings. The number of fused-ring (bicyclic) bond motifs is 1. The number of carbonyl (C=O) groups is 2. The summed E-state index contributed by atoms with van der Waals surface area (Å²) in [5.74, 6) is 0.137. The van der Waals surface area contributed by atoms with Crippen molar-refractivity contribution in [1.82, 2.24) is 10.6 Å². The maximum atomic E-state index is 12.3. The molecule has 2 heterocycles. The van der Waals surface area contributed by atoms with Gasteiger partial charge in [-0.2, -0.15) is 0 Å². The SMILES string of the molecule is O=C(NC1COC2C(NC(=O)C3CC3)COC12)c1ccccc1. The molecular weight excluding hydrogens is 296 g/mol. The summed E-state index contributed by atoms with van der Waals surface area (Å²) < 4.78 is 11.6. The Balaban J connectivity index is 1.36. The summed E-state index contributed by atoms with van der Waals surface area (Å²) in [5.41, 5.74) is 0.618. The third-order valence-electron chi connectivity index (χ3n) is 4.68. The van der Waals surface area contributed by atoms with Gasteiger partial charge in [-0.15, -0.1) is 0 Å². The van der Waals surface area contributed by atoms with E-state index >= 15 is 0 Å². The lowest BCUT2D eigenvalue weighted by Crippen LogP contribution is -2.47. The van der Waals surface area contributed by atoms with Gasteiger partial charge in [0.25, 0.3) is 5.91 Å². The number of hydrogen-bond donors (Lipinski definition) is 2. The van der Waals surface area contributed by atoms with Crippen LogP contribution in [-0.4, -0.2) is 49.3 Å². The largest absolute Gasteiger partial charge is 0.371 e. The van der Waals surface area contributed by atoms with Crippen LogP contribution in [-0.2, 0) is 14.3 Å². The van der Waals surface area contributed by atoms with Crippen molar-refractivity contribution >= 4 is 11.8 Å². The van der Waals surface area contributed by atoms with Crippen LogP contribution in [0.3, 0.4) is 0 Å². The second-order valence-corrected chi connectivity index (χ2v) is 6.43. The number of ether oxygens (including phenoxy) is 2. The number of hydrogen-bond acceptors (Lipinski definition) is 4. The molecule has 0 bridgehead atoms. The molecule has 1 aliphatic carbocycles. The van der Waals surface area contributed by atoms with Crippen LogP contribution in [0.15, 0.2) is 30.3 Å². The Bertz CT molecular complexity index is 602. The van der Waals surface area contributed by atoms with Crippen molar-refractivity contribution in [3.63, 3.8) is 0 Å². The topological polar surface area (TPSA) is 76.7 Å². The van der Waals surface area contributed by atoms with Crippen LogP contribution >= 0.6 is 0 Å². The van der Waals surface area contributed by atoms with Crippen LogP contribution in [0.2, 0.25) is 0 Å². The van der Waals surface area contributed by atoms with Crippen LogP contribution in [0.4, 0.5) is 0 Å². The second-order valence-electron chi connectivity index (χ2n) is 6.43. The molecule has 6 nitrogen and oxygen atoms in total. The summed E-state index contributed by atoms with van der Waals surface area (Å²) in [7, 11) is 0. The summed E-state index contributed by atoms with van der Waals surface area (Å²) in [5, 5.41) is 5.99. The Morgan fingerprint density at radius 3 is 2.13 bits per heavy atom. The molecule has 2 aliphatic heterocycles. The normalized spacial score (nSPS) is 32.3. The maximum Gasteiger partial charge on any atom is 0.251 e. The Morgan fingerprint density at radius 1 is 0.913 bits per heavy atom. The first kappa shape index (κ1) is 14.7. The van der Waals surface area contributed by atoms with E-state index in [2.05, 4.69) is 10.6 Å². The molecule has 2 saturated heterocycles. The van der Waals surface area contributed by atoms with Crippen molar-refractivity contribution < 1.29 is 19.1 Å².